The number of benzene rings is 3. The van der Waals surface area contributed by atoms with Crippen molar-refractivity contribution in [1.82, 2.24) is 0 Å². The van der Waals surface area contributed by atoms with E-state index in [2.05, 4.69) is 35.6 Å². The lowest BCUT2D eigenvalue weighted by Crippen LogP contribution is -2.03. The van der Waals surface area contributed by atoms with Gasteiger partial charge in [0.15, 0.2) is 0 Å². The van der Waals surface area contributed by atoms with Crippen LogP contribution in [0.1, 0.15) is 16.7 Å². The molecule has 3 aromatic carbocycles. The third kappa shape index (κ3) is 2.67. The monoisotopic (exact) mass is 334 g/mol. The number of ether oxygens (including phenoxy) is 1. The van der Waals surface area contributed by atoms with Crippen LogP contribution >= 0.6 is 0 Å². The molecule has 126 valence electrons. The Morgan fingerprint density at radius 3 is 2.68 bits per heavy atom. The fourth-order valence-electron chi connectivity index (χ4n) is 3.61. The minimum absolute atomic E-state index is 0.0676. The molecule has 5 nitrogen and oxygen atoms in total. The molecule has 1 N–H and O–H groups in total. The van der Waals surface area contributed by atoms with Crippen LogP contribution in [0.15, 0.2) is 48.5 Å². The third-order valence-electron chi connectivity index (χ3n) is 4.82. The van der Waals surface area contributed by atoms with Crippen LogP contribution in [0, 0.1) is 10.1 Å². The second-order valence-electron chi connectivity index (χ2n) is 6.22. The summed E-state index contributed by atoms with van der Waals surface area (Å²) in [5.74, 6) is 0.643. The second kappa shape index (κ2) is 6.09. The maximum atomic E-state index is 11.0. The summed E-state index contributed by atoms with van der Waals surface area (Å²) in [6.45, 7) is 0.462. The number of anilines is 1. The summed E-state index contributed by atoms with van der Waals surface area (Å²) in [6, 6.07) is 15.3. The predicted molar refractivity (Wildman–Crippen MR) is 98.3 cm³/mol. The zero-order chi connectivity index (χ0) is 17.4. The maximum Gasteiger partial charge on any atom is 0.270 e. The Bertz CT molecular complexity index is 972. The van der Waals surface area contributed by atoms with Gasteiger partial charge in [0.05, 0.1) is 12.0 Å². The van der Waals surface area contributed by atoms with Crippen LogP contribution in [-0.2, 0) is 19.4 Å². The minimum Gasteiger partial charge on any atom is -0.496 e. The molecule has 0 saturated carbocycles. The molecular formula is C20H18N2O3. The van der Waals surface area contributed by atoms with Gasteiger partial charge < -0.3 is 10.1 Å². The van der Waals surface area contributed by atoms with Crippen molar-refractivity contribution >= 4 is 22.1 Å². The summed E-state index contributed by atoms with van der Waals surface area (Å²) in [6.07, 6.45) is 2.18. The number of aryl methyl sites for hydroxylation is 2. The summed E-state index contributed by atoms with van der Waals surface area (Å²) in [7, 11) is 1.57. The minimum atomic E-state index is -0.387. The van der Waals surface area contributed by atoms with Crippen LogP contribution < -0.4 is 10.1 Å². The van der Waals surface area contributed by atoms with Gasteiger partial charge in [0.1, 0.15) is 5.75 Å². The van der Waals surface area contributed by atoms with Crippen LogP contribution in [0.2, 0.25) is 0 Å². The molecular weight excluding hydrogens is 316 g/mol. The van der Waals surface area contributed by atoms with Crippen LogP contribution in [0.4, 0.5) is 11.4 Å². The van der Waals surface area contributed by atoms with Crippen LogP contribution in [-0.4, -0.2) is 12.0 Å². The highest BCUT2D eigenvalue weighted by atomic mass is 16.6. The summed E-state index contributed by atoms with van der Waals surface area (Å²) >= 11 is 0. The van der Waals surface area contributed by atoms with E-state index >= 15 is 0 Å². The zero-order valence-electron chi connectivity index (χ0n) is 13.9. The van der Waals surface area contributed by atoms with E-state index in [1.807, 2.05) is 0 Å². The molecule has 0 radical (unpaired) electrons. The number of rotatable bonds is 5. The second-order valence-corrected chi connectivity index (χ2v) is 6.22. The van der Waals surface area contributed by atoms with Crippen molar-refractivity contribution in [2.45, 2.75) is 19.4 Å². The molecule has 0 unspecified atom stereocenters. The summed E-state index contributed by atoms with van der Waals surface area (Å²) < 4.78 is 5.34. The van der Waals surface area contributed by atoms with Crippen LogP contribution in [0.3, 0.4) is 0 Å². The summed E-state index contributed by atoms with van der Waals surface area (Å²) in [5.41, 5.74) is 4.65. The van der Waals surface area contributed by atoms with Crippen molar-refractivity contribution in [3.05, 3.63) is 75.3 Å². The number of nitrogens with one attached hydrogen (secondary N) is 1. The van der Waals surface area contributed by atoms with Gasteiger partial charge in [0.25, 0.3) is 5.69 Å². The van der Waals surface area contributed by atoms with Crippen molar-refractivity contribution in [3.8, 4) is 5.75 Å². The molecule has 0 bridgehead atoms. The van der Waals surface area contributed by atoms with E-state index < -0.39 is 0 Å². The quantitative estimate of drug-likeness (QED) is 0.552. The van der Waals surface area contributed by atoms with Gasteiger partial charge in [-0.05, 0) is 41.5 Å². The highest BCUT2D eigenvalue weighted by molar-refractivity contribution is 5.99. The van der Waals surface area contributed by atoms with Gasteiger partial charge in [-0.2, -0.15) is 0 Å². The molecule has 5 heteroatoms. The van der Waals surface area contributed by atoms with E-state index in [1.165, 1.54) is 28.0 Å². The van der Waals surface area contributed by atoms with Crippen LogP contribution in [0.25, 0.3) is 10.8 Å². The van der Waals surface area contributed by atoms with E-state index in [-0.39, 0.29) is 10.6 Å². The van der Waals surface area contributed by atoms with E-state index in [0.717, 1.165) is 24.1 Å². The summed E-state index contributed by atoms with van der Waals surface area (Å²) in [5, 5.41) is 17.0. The van der Waals surface area contributed by atoms with Crippen molar-refractivity contribution in [1.29, 1.82) is 0 Å². The number of hydrogen-bond donors (Lipinski definition) is 1. The van der Waals surface area contributed by atoms with Gasteiger partial charge in [-0.15, -0.1) is 0 Å². The Kier molecular flexibility index (Phi) is 3.76. The average molecular weight is 334 g/mol. The Labute approximate surface area is 145 Å². The first-order chi connectivity index (χ1) is 12.2. The third-order valence-corrected chi connectivity index (χ3v) is 4.82. The standard InChI is InChI=1S/C20H18N2O3/c1-25-19-10-8-16(22(23)24)11-15(19)12-21-18-9-7-14-6-5-13-3-2-4-17(18)20(13)14/h2-4,7-11,21H,5-6,12H2,1H3. The molecule has 0 aliphatic heterocycles. The van der Waals surface area contributed by atoms with Gasteiger partial charge in [-0.1, -0.05) is 24.3 Å². The molecule has 0 heterocycles. The predicted octanol–water partition coefficient (Wildman–Crippen LogP) is 4.47. The topological polar surface area (TPSA) is 64.4 Å². The first-order valence-corrected chi connectivity index (χ1v) is 8.26. The number of nitro benzene ring substituents is 1. The van der Waals surface area contributed by atoms with E-state index in [4.69, 9.17) is 4.74 Å². The Morgan fingerprint density at radius 2 is 1.92 bits per heavy atom. The zero-order valence-corrected chi connectivity index (χ0v) is 13.9. The van der Waals surface area contributed by atoms with Crippen molar-refractivity contribution in [3.63, 3.8) is 0 Å². The molecule has 1 aliphatic rings. The highest BCUT2D eigenvalue weighted by Crippen LogP contribution is 2.35. The number of non-ortho nitro benzene ring substituents is 1. The molecule has 4 rings (SSSR count). The van der Waals surface area contributed by atoms with E-state index in [9.17, 15) is 10.1 Å². The van der Waals surface area contributed by atoms with Crippen molar-refractivity contribution in [2.75, 3.05) is 12.4 Å². The smallest absolute Gasteiger partial charge is 0.270 e. The molecule has 0 spiro atoms. The Balaban J connectivity index is 1.68. The van der Waals surface area contributed by atoms with Crippen molar-refractivity contribution < 1.29 is 9.66 Å². The number of nitro groups is 1. The fraction of sp³-hybridized carbons (Fsp3) is 0.200. The summed E-state index contributed by atoms with van der Waals surface area (Å²) in [4.78, 5) is 10.6. The number of nitrogens with zero attached hydrogens (tertiary/aromatic N) is 1. The van der Waals surface area contributed by atoms with E-state index in [1.54, 1.807) is 19.2 Å². The lowest BCUT2D eigenvalue weighted by atomic mass is 10.0. The average Bonchev–Trinajstić information content (AvgIpc) is 3.06. The molecule has 0 fully saturated rings. The highest BCUT2D eigenvalue weighted by Gasteiger charge is 2.16. The van der Waals surface area contributed by atoms with Gasteiger partial charge in [-0.3, -0.25) is 10.1 Å². The van der Waals surface area contributed by atoms with Gasteiger partial charge >= 0.3 is 0 Å². The fourth-order valence-corrected chi connectivity index (χ4v) is 3.61. The van der Waals surface area contributed by atoms with Crippen molar-refractivity contribution in [2.24, 2.45) is 0 Å². The maximum absolute atomic E-state index is 11.0. The first-order valence-electron chi connectivity index (χ1n) is 8.26. The lowest BCUT2D eigenvalue weighted by molar-refractivity contribution is -0.384. The van der Waals surface area contributed by atoms with Gasteiger partial charge in [0.2, 0.25) is 0 Å². The van der Waals surface area contributed by atoms with Gasteiger partial charge in [0, 0.05) is 35.3 Å². The van der Waals surface area contributed by atoms with E-state index in [0.29, 0.717) is 12.3 Å². The largest absolute Gasteiger partial charge is 0.496 e. The van der Waals surface area contributed by atoms with Crippen LogP contribution in [0.5, 0.6) is 5.75 Å². The molecule has 0 amide bonds. The normalized spacial score (nSPS) is 12.4. The molecule has 0 aromatic heterocycles. The number of hydrogen-bond acceptors (Lipinski definition) is 4. The number of methoxy groups -OCH3 is 1. The van der Waals surface area contributed by atoms with Gasteiger partial charge in [-0.25, -0.2) is 0 Å². The molecule has 0 saturated heterocycles. The Morgan fingerprint density at radius 1 is 1.12 bits per heavy atom. The Hall–Kier alpha value is -3.08. The lowest BCUT2D eigenvalue weighted by Gasteiger charge is -2.13. The SMILES string of the molecule is COc1ccc([N+](=O)[O-])cc1CNc1ccc2c3c(cccc13)CC2. The molecule has 1 aliphatic carbocycles. The molecule has 3 aromatic rings. The molecule has 0 atom stereocenters. The molecule has 25 heavy (non-hydrogen) atoms. The first kappa shape index (κ1) is 15.4.